The van der Waals surface area contributed by atoms with Crippen LogP contribution in [0, 0.1) is 6.92 Å². The minimum Gasteiger partial charge on any atom is -0.352 e. The molecule has 2 amide bonds. The molecule has 0 saturated heterocycles. The largest absolute Gasteiger partial charge is 0.352 e. The van der Waals surface area contributed by atoms with Crippen LogP contribution in [0.5, 0.6) is 0 Å². The first-order valence-electron chi connectivity index (χ1n) is 8.53. The number of carbonyl (C=O) groups is 2. The Labute approximate surface area is 152 Å². The van der Waals surface area contributed by atoms with Crippen molar-refractivity contribution in [3.05, 3.63) is 59.3 Å². The highest BCUT2D eigenvalue weighted by Crippen LogP contribution is 2.18. The summed E-state index contributed by atoms with van der Waals surface area (Å²) >= 11 is 0. The number of aromatic nitrogens is 2. The van der Waals surface area contributed by atoms with Crippen molar-refractivity contribution in [1.82, 2.24) is 15.1 Å². The third kappa shape index (κ3) is 3.74. The molecule has 3 aromatic rings. The molecular weight excluding hydrogens is 328 g/mol. The van der Waals surface area contributed by atoms with Gasteiger partial charge in [0.15, 0.2) is 0 Å². The van der Waals surface area contributed by atoms with Crippen molar-refractivity contribution in [2.24, 2.45) is 7.05 Å². The van der Waals surface area contributed by atoms with E-state index in [1.807, 2.05) is 49.0 Å². The smallest absolute Gasteiger partial charge is 0.251 e. The van der Waals surface area contributed by atoms with Gasteiger partial charge in [-0.05, 0) is 30.7 Å². The standard InChI is InChI=1S/C20H22N4O2/c1-13-8-9-15(12-18(13)22-14(2)25)20(26)21-11-10-17-16-6-4-5-7-19(16)24(3)23-17/h4-9,12H,10-11H2,1-3H3,(H,21,26)(H,22,25). The van der Waals surface area contributed by atoms with Gasteiger partial charge in [0.25, 0.3) is 5.91 Å². The van der Waals surface area contributed by atoms with E-state index in [9.17, 15) is 9.59 Å². The molecule has 0 fully saturated rings. The van der Waals surface area contributed by atoms with Gasteiger partial charge >= 0.3 is 0 Å². The molecule has 26 heavy (non-hydrogen) atoms. The second-order valence-electron chi connectivity index (χ2n) is 6.30. The molecule has 0 bridgehead atoms. The molecule has 1 aromatic heterocycles. The van der Waals surface area contributed by atoms with Crippen LogP contribution in [0.25, 0.3) is 10.9 Å². The summed E-state index contributed by atoms with van der Waals surface area (Å²) in [6.07, 6.45) is 0.650. The molecule has 3 rings (SSSR count). The second kappa shape index (κ2) is 7.39. The first kappa shape index (κ1) is 17.7. The lowest BCUT2D eigenvalue weighted by Gasteiger charge is -2.09. The number of hydrogen-bond acceptors (Lipinski definition) is 3. The minimum atomic E-state index is -0.170. The number of carbonyl (C=O) groups excluding carboxylic acids is 2. The van der Waals surface area contributed by atoms with Gasteiger partial charge in [-0.25, -0.2) is 0 Å². The van der Waals surface area contributed by atoms with E-state index in [1.165, 1.54) is 6.92 Å². The fourth-order valence-corrected chi connectivity index (χ4v) is 2.96. The zero-order chi connectivity index (χ0) is 18.7. The Bertz CT molecular complexity index is 975. The molecule has 0 aliphatic heterocycles. The Morgan fingerprint density at radius 2 is 1.92 bits per heavy atom. The molecule has 6 heteroatoms. The first-order valence-corrected chi connectivity index (χ1v) is 8.53. The van der Waals surface area contributed by atoms with Crippen LogP contribution in [0.4, 0.5) is 5.69 Å². The Morgan fingerprint density at radius 1 is 1.15 bits per heavy atom. The van der Waals surface area contributed by atoms with Crippen LogP contribution >= 0.6 is 0 Å². The zero-order valence-corrected chi connectivity index (χ0v) is 15.2. The predicted molar refractivity (Wildman–Crippen MR) is 102 cm³/mol. The number of hydrogen-bond donors (Lipinski definition) is 2. The monoisotopic (exact) mass is 350 g/mol. The van der Waals surface area contributed by atoms with Crippen molar-refractivity contribution in [3.8, 4) is 0 Å². The summed E-state index contributed by atoms with van der Waals surface area (Å²) in [5.74, 6) is -0.329. The van der Waals surface area contributed by atoms with Gasteiger partial charge in [-0.2, -0.15) is 5.10 Å². The lowest BCUT2D eigenvalue weighted by atomic mass is 10.1. The molecule has 0 spiro atoms. The summed E-state index contributed by atoms with van der Waals surface area (Å²) in [6, 6.07) is 13.3. The molecule has 0 unspecified atom stereocenters. The van der Waals surface area contributed by atoms with Crippen molar-refractivity contribution in [3.63, 3.8) is 0 Å². The third-order valence-corrected chi connectivity index (χ3v) is 4.29. The summed E-state index contributed by atoms with van der Waals surface area (Å²) in [5, 5.41) is 11.3. The maximum atomic E-state index is 12.4. The Hall–Kier alpha value is -3.15. The quantitative estimate of drug-likeness (QED) is 0.743. The fourth-order valence-electron chi connectivity index (χ4n) is 2.96. The SMILES string of the molecule is CC(=O)Nc1cc(C(=O)NCCc2nn(C)c3ccccc23)ccc1C. The average molecular weight is 350 g/mol. The van der Waals surface area contributed by atoms with Gasteiger partial charge in [0.05, 0.1) is 11.2 Å². The van der Waals surface area contributed by atoms with Gasteiger partial charge < -0.3 is 10.6 Å². The number of rotatable bonds is 5. The normalized spacial score (nSPS) is 10.7. The lowest BCUT2D eigenvalue weighted by Crippen LogP contribution is -2.26. The number of nitrogens with zero attached hydrogens (tertiary/aromatic N) is 2. The van der Waals surface area contributed by atoms with Crippen LogP contribution in [0.2, 0.25) is 0 Å². The predicted octanol–water partition coefficient (Wildman–Crippen LogP) is 2.81. The second-order valence-corrected chi connectivity index (χ2v) is 6.30. The number of fused-ring (bicyclic) bond motifs is 1. The molecule has 0 saturated carbocycles. The van der Waals surface area contributed by atoms with Crippen molar-refractivity contribution < 1.29 is 9.59 Å². The van der Waals surface area contributed by atoms with Gasteiger partial charge in [0, 0.05) is 43.6 Å². The van der Waals surface area contributed by atoms with Crippen LogP contribution in [0.15, 0.2) is 42.5 Å². The molecule has 134 valence electrons. The molecule has 0 atom stereocenters. The highest BCUT2D eigenvalue weighted by molar-refractivity contribution is 5.97. The van der Waals surface area contributed by atoms with Crippen LogP contribution in [-0.4, -0.2) is 28.1 Å². The number of anilines is 1. The third-order valence-electron chi connectivity index (χ3n) is 4.29. The van der Waals surface area contributed by atoms with Crippen molar-refractivity contribution >= 4 is 28.4 Å². The van der Waals surface area contributed by atoms with E-state index in [0.29, 0.717) is 24.2 Å². The fraction of sp³-hybridized carbons (Fsp3) is 0.250. The molecular formula is C20H22N4O2. The lowest BCUT2D eigenvalue weighted by molar-refractivity contribution is -0.114. The molecule has 1 heterocycles. The van der Waals surface area contributed by atoms with Crippen molar-refractivity contribution in [2.45, 2.75) is 20.3 Å². The van der Waals surface area contributed by atoms with E-state index in [2.05, 4.69) is 15.7 Å². The molecule has 6 nitrogen and oxygen atoms in total. The summed E-state index contributed by atoms with van der Waals surface area (Å²) < 4.78 is 1.85. The van der Waals surface area contributed by atoms with Crippen LogP contribution in [-0.2, 0) is 18.3 Å². The number of benzene rings is 2. The highest BCUT2D eigenvalue weighted by atomic mass is 16.2. The van der Waals surface area contributed by atoms with Gasteiger partial charge in [-0.3, -0.25) is 14.3 Å². The van der Waals surface area contributed by atoms with E-state index in [0.717, 1.165) is 22.2 Å². The van der Waals surface area contributed by atoms with E-state index in [1.54, 1.807) is 12.1 Å². The molecule has 0 radical (unpaired) electrons. The summed E-state index contributed by atoms with van der Waals surface area (Å²) in [5.41, 5.74) is 4.13. The van der Waals surface area contributed by atoms with Crippen LogP contribution < -0.4 is 10.6 Å². The summed E-state index contributed by atoms with van der Waals surface area (Å²) in [4.78, 5) is 23.7. The van der Waals surface area contributed by atoms with Crippen molar-refractivity contribution in [2.75, 3.05) is 11.9 Å². The Morgan fingerprint density at radius 3 is 2.69 bits per heavy atom. The van der Waals surface area contributed by atoms with E-state index >= 15 is 0 Å². The summed E-state index contributed by atoms with van der Waals surface area (Å²) in [6.45, 7) is 3.83. The van der Waals surface area contributed by atoms with Crippen molar-refractivity contribution in [1.29, 1.82) is 0 Å². The number of aryl methyl sites for hydroxylation is 2. The van der Waals surface area contributed by atoms with Gasteiger partial charge in [-0.1, -0.05) is 24.3 Å². The Kier molecular flexibility index (Phi) is 5.02. The molecule has 2 aromatic carbocycles. The van der Waals surface area contributed by atoms with E-state index in [4.69, 9.17) is 0 Å². The highest BCUT2D eigenvalue weighted by Gasteiger charge is 2.11. The Balaban J connectivity index is 1.66. The zero-order valence-electron chi connectivity index (χ0n) is 15.2. The minimum absolute atomic E-state index is 0.160. The van der Waals surface area contributed by atoms with Gasteiger partial charge in [-0.15, -0.1) is 0 Å². The number of amides is 2. The maximum Gasteiger partial charge on any atom is 0.251 e. The van der Waals surface area contributed by atoms with Crippen LogP contribution in [0.3, 0.4) is 0 Å². The maximum absolute atomic E-state index is 12.4. The van der Waals surface area contributed by atoms with E-state index in [-0.39, 0.29) is 11.8 Å². The summed E-state index contributed by atoms with van der Waals surface area (Å²) in [7, 11) is 1.92. The van der Waals surface area contributed by atoms with Gasteiger partial charge in [0.1, 0.15) is 0 Å². The first-order chi connectivity index (χ1) is 12.5. The molecule has 0 aliphatic carbocycles. The molecule has 0 aliphatic rings. The van der Waals surface area contributed by atoms with Crippen LogP contribution in [0.1, 0.15) is 28.5 Å². The molecule has 2 N–H and O–H groups in total. The number of nitrogens with one attached hydrogen (secondary N) is 2. The topological polar surface area (TPSA) is 76.0 Å². The van der Waals surface area contributed by atoms with E-state index < -0.39 is 0 Å². The average Bonchev–Trinajstić information content (AvgIpc) is 2.93. The van der Waals surface area contributed by atoms with Gasteiger partial charge in [0.2, 0.25) is 5.91 Å². The number of para-hydroxylation sites is 1.